The minimum absolute atomic E-state index is 0.0391. The molecule has 3 rings (SSSR count). The Morgan fingerprint density at radius 2 is 1.85 bits per heavy atom. The Morgan fingerprint density at radius 3 is 2.45 bits per heavy atom. The van der Waals surface area contributed by atoms with Crippen LogP contribution in [0.15, 0.2) is 36.4 Å². The van der Waals surface area contributed by atoms with Crippen molar-refractivity contribution in [2.75, 3.05) is 27.3 Å². The fourth-order valence-corrected chi connectivity index (χ4v) is 5.79. The summed E-state index contributed by atoms with van der Waals surface area (Å²) < 4.78 is 51.5. The van der Waals surface area contributed by atoms with Crippen LogP contribution in [0.2, 0.25) is 5.02 Å². The summed E-state index contributed by atoms with van der Waals surface area (Å²) in [4.78, 5) is 12.8. The van der Waals surface area contributed by atoms with Crippen LogP contribution in [0, 0.1) is 11.7 Å². The lowest BCUT2D eigenvalue weighted by atomic mass is 9.96. The van der Waals surface area contributed by atoms with Crippen LogP contribution < -0.4 is 14.8 Å². The molecule has 33 heavy (non-hydrogen) atoms. The van der Waals surface area contributed by atoms with Gasteiger partial charge in [-0.05, 0) is 49.6 Å². The van der Waals surface area contributed by atoms with Gasteiger partial charge in [-0.15, -0.1) is 0 Å². The summed E-state index contributed by atoms with van der Waals surface area (Å²) in [5, 5.41) is 3.07. The Bertz CT molecular complexity index is 1080. The Kier molecular flexibility index (Phi) is 8.20. The van der Waals surface area contributed by atoms with Gasteiger partial charge in [-0.25, -0.2) is 17.1 Å². The van der Waals surface area contributed by atoms with Crippen molar-refractivity contribution in [1.29, 1.82) is 0 Å². The molecule has 0 bridgehead atoms. The van der Waals surface area contributed by atoms with E-state index in [1.807, 2.05) is 19.1 Å². The summed E-state index contributed by atoms with van der Waals surface area (Å²) in [6, 6.07) is 9.27. The molecule has 1 N–H and O–H groups in total. The van der Waals surface area contributed by atoms with E-state index in [-0.39, 0.29) is 41.5 Å². The number of nitrogens with zero attached hydrogens (tertiary/aromatic N) is 1. The summed E-state index contributed by atoms with van der Waals surface area (Å²) >= 11 is 5.98. The number of methoxy groups -OCH3 is 2. The molecule has 1 saturated heterocycles. The fraction of sp³-hybridized carbons (Fsp3) is 0.435. The third kappa shape index (κ3) is 5.96. The number of halogens is 2. The summed E-state index contributed by atoms with van der Waals surface area (Å²) in [5.74, 6) is -0.423. The average molecular weight is 499 g/mol. The van der Waals surface area contributed by atoms with Crippen LogP contribution in [-0.4, -0.2) is 45.9 Å². The summed E-state index contributed by atoms with van der Waals surface area (Å²) in [5.41, 5.74) is 0.825. The largest absolute Gasteiger partial charge is 0.493 e. The number of nitrogens with one attached hydrogen (secondary N) is 1. The number of hydrogen-bond donors (Lipinski definition) is 1. The standard InChI is InChI=1S/C23H28ClFN2O5S/c1-15(17-7-8-21(31-2)22(13-17)32-3)26-23(28)16-9-11-27(12-10-16)33(29,30)14-18-19(24)5-4-6-20(18)25/h4-8,13,15-16H,9-12,14H2,1-3H3,(H,26,28)/t15-/m1/s1. The second kappa shape index (κ2) is 10.7. The molecule has 0 spiro atoms. The van der Waals surface area contributed by atoms with Crippen molar-refractivity contribution in [3.05, 3.63) is 58.4 Å². The molecule has 0 aliphatic carbocycles. The number of piperidine rings is 1. The van der Waals surface area contributed by atoms with Gasteiger partial charge in [0.15, 0.2) is 11.5 Å². The van der Waals surface area contributed by atoms with Crippen molar-refractivity contribution in [3.63, 3.8) is 0 Å². The monoisotopic (exact) mass is 498 g/mol. The fourth-order valence-electron chi connectivity index (χ4n) is 3.88. The second-order valence-corrected chi connectivity index (χ2v) is 10.4. The van der Waals surface area contributed by atoms with Crippen LogP contribution >= 0.6 is 11.6 Å². The number of carbonyl (C=O) groups excluding carboxylic acids is 1. The Morgan fingerprint density at radius 1 is 1.18 bits per heavy atom. The molecule has 2 aromatic carbocycles. The predicted molar refractivity (Wildman–Crippen MR) is 124 cm³/mol. The third-order valence-electron chi connectivity index (χ3n) is 5.87. The van der Waals surface area contributed by atoms with E-state index >= 15 is 0 Å². The molecule has 1 atom stereocenters. The van der Waals surface area contributed by atoms with E-state index < -0.39 is 21.6 Å². The lowest BCUT2D eigenvalue weighted by Gasteiger charge is -2.31. The molecule has 2 aromatic rings. The molecule has 1 aliphatic rings. The van der Waals surface area contributed by atoms with E-state index in [2.05, 4.69) is 5.32 Å². The molecule has 1 aliphatic heterocycles. The molecule has 0 saturated carbocycles. The van der Waals surface area contributed by atoms with Crippen LogP contribution in [0.5, 0.6) is 11.5 Å². The van der Waals surface area contributed by atoms with E-state index in [4.69, 9.17) is 21.1 Å². The smallest absolute Gasteiger partial charge is 0.223 e. The van der Waals surface area contributed by atoms with Crippen LogP contribution in [0.4, 0.5) is 4.39 Å². The van der Waals surface area contributed by atoms with Crippen LogP contribution in [0.25, 0.3) is 0 Å². The molecule has 0 aromatic heterocycles. The number of amides is 1. The highest BCUT2D eigenvalue weighted by molar-refractivity contribution is 7.88. The van der Waals surface area contributed by atoms with Gasteiger partial charge in [0.25, 0.3) is 0 Å². The number of hydrogen-bond acceptors (Lipinski definition) is 5. The van der Waals surface area contributed by atoms with Crippen LogP contribution in [0.1, 0.15) is 36.9 Å². The van der Waals surface area contributed by atoms with Gasteiger partial charge in [-0.2, -0.15) is 0 Å². The van der Waals surface area contributed by atoms with Gasteiger partial charge >= 0.3 is 0 Å². The molecule has 7 nitrogen and oxygen atoms in total. The molecule has 0 unspecified atom stereocenters. The first-order chi connectivity index (χ1) is 15.7. The molecule has 180 valence electrons. The van der Waals surface area contributed by atoms with E-state index in [0.29, 0.717) is 24.3 Å². The zero-order chi connectivity index (χ0) is 24.2. The number of ether oxygens (including phenoxy) is 2. The molecule has 1 heterocycles. The maximum atomic E-state index is 14.0. The van der Waals surface area contributed by atoms with Crippen LogP contribution in [-0.2, 0) is 20.6 Å². The van der Waals surface area contributed by atoms with Crippen LogP contribution in [0.3, 0.4) is 0 Å². The van der Waals surface area contributed by atoms with Gasteiger partial charge in [-0.1, -0.05) is 23.7 Å². The van der Waals surface area contributed by atoms with Gasteiger partial charge in [0.05, 0.1) is 26.0 Å². The maximum Gasteiger partial charge on any atom is 0.223 e. The SMILES string of the molecule is COc1ccc([C@@H](C)NC(=O)C2CCN(S(=O)(=O)Cc3c(F)cccc3Cl)CC2)cc1OC. The van der Waals surface area contributed by atoms with Crippen molar-refractivity contribution in [2.45, 2.75) is 31.6 Å². The average Bonchev–Trinajstić information content (AvgIpc) is 2.81. The molecule has 10 heteroatoms. The lowest BCUT2D eigenvalue weighted by molar-refractivity contribution is -0.126. The zero-order valence-corrected chi connectivity index (χ0v) is 20.4. The van der Waals surface area contributed by atoms with E-state index in [1.165, 1.54) is 22.5 Å². The first-order valence-electron chi connectivity index (χ1n) is 10.6. The van der Waals surface area contributed by atoms with Crippen molar-refractivity contribution in [1.82, 2.24) is 9.62 Å². The van der Waals surface area contributed by atoms with Crippen molar-refractivity contribution in [3.8, 4) is 11.5 Å². The minimum atomic E-state index is -3.76. The van der Waals surface area contributed by atoms with Crippen molar-refractivity contribution < 1.29 is 27.1 Å². The molecule has 0 radical (unpaired) electrons. The zero-order valence-electron chi connectivity index (χ0n) is 18.8. The predicted octanol–water partition coefficient (Wildman–Crippen LogP) is 3.92. The van der Waals surface area contributed by atoms with Gasteiger partial charge in [-0.3, -0.25) is 4.79 Å². The Hall–Kier alpha value is -2.36. The van der Waals surface area contributed by atoms with E-state index in [1.54, 1.807) is 20.3 Å². The van der Waals surface area contributed by atoms with Crippen molar-refractivity contribution >= 4 is 27.5 Å². The first kappa shape index (κ1) is 25.3. The molecule has 1 amide bonds. The highest BCUT2D eigenvalue weighted by Gasteiger charge is 2.32. The quantitative estimate of drug-likeness (QED) is 0.596. The Balaban J connectivity index is 1.58. The topological polar surface area (TPSA) is 84.9 Å². The summed E-state index contributed by atoms with van der Waals surface area (Å²) in [7, 11) is -0.655. The van der Waals surface area contributed by atoms with Crippen molar-refractivity contribution in [2.24, 2.45) is 5.92 Å². The van der Waals surface area contributed by atoms with Gasteiger partial charge < -0.3 is 14.8 Å². The third-order valence-corrected chi connectivity index (χ3v) is 8.03. The number of benzene rings is 2. The van der Waals surface area contributed by atoms with E-state index in [0.717, 1.165) is 5.56 Å². The molecular weight excluding hydrogens is 471 g/mol. The number of sulfonamides is 1. The minimum Gasteiger partial charge on any atom is -0.493 e. The second-order valence-electron chi connectivity index (χ2n) is 7.97. The highest BCUT2D eigenvalue weighted by Crippen LogP contribution is 2.31. The first-order valence-corrected chi connectivity index (χ1v) is 12.6. The molecule has 1 fully saturated rings. The lowest BCUT2D eigenvalue weighted by Crippen LogP contribution is -2.43. The molecular formula is C23H28ClFN2O5S. The van der Waals surface area contributed by atoms with Gasteiger partial charge in [0.1, 0.15) is 5.82 Å². The summed E-state index contributed by atoms with van der Waals surface area (Å²) in [6.07, 6.45) is 0.767. The van der Waals surface area contributed by atoms with Gasteiger partial charge in [0, 0.05) is 29.6 Å². The Labute approximate surface area is 198 Å². The van der Waals surface area contributed by atoms with Gasteiger partial charge in [0.2, 0.25) is 15.9 Å². The summed E-state index contributed by atoms with van der Waals surface area (Å²) in [6.45, 7) is 2.26. The normalized spacial score (nSPS) is 16.3. The van der Waals surface area contributed by atoms with E-state index in [9.17, 15) is 17.6 Å². The number of carbonyl (C=O) groups is 1. The maximum absolute atomic E-state index is 14.0. The number of rotatable bonds is 8. The highest BCUT2D eigenvalue weighted by atomic mass is 35.5.